The van der Waals surface area contributed by atoms with Gasteiger partial charge in [0.05, 0.1) is 0 Å². The number of aromatic amines is 1. The zero-order valence-corrected chi connectivity index (χ0v) is 15.1. The van der Waals surface area contributed by atoms with Gasteiger partial charge in [0.15, 0.2) is 5.43 Å². The third kappa shape index (κ3) is 4.48. The first kappa shape index (κ1) is 17.7. The fourth-order valence-electron chi connectivity index (χ4n) is 3.62. The highest BCUT2D eigenvalue weighted by atomic mass is 16.1. The molecule has 5 nitrogen and oxygen atoms in total. The Hall–Kier alpha value is -2.14. The number of aromatic nitrogens is 1. The molecule has 1 aromatic carbocycles. The fraction of sp³-hybridized carbons (Fsp3) is 0.500. The van der Waals surface area contributed by atoms with E-state index in [1.165, 1.54) is 25.9 Å². The molecule has 1 fully saturated rings. The molecule has 1 amide bonds. The average Bonchev–Trinajstić information content (AvgIpc) is 2.58. The number of nitrogens with one attached hydrogen (secondary N) is 2. The number of amides is 1. The Bertz CT molecular complexity index is 812. The van der Waals surface area contributed by atoms with Crippen molar-refractivity contribution in [2.24, 2.45) is 5.92 Å². The minimum absolute atomic E-state index is 0.0554. The van der Waals surface area contributed by atoms with E-state index in [9.17, 15) is 9.59 Å². The molecule has 1 saturated heterocycles. The largest absolute Gasteiger partial charge is 0.358 e. The first-order valence-electron chi connectivity index (χ1n) is 9.17. The summed E-state index contributed by atoms with van der Waals surface area (Å²) in [7, 11) is 0. The molecule has 1 unspecified atom stereocenters. The molecule has 2 N–H and O–H groups in total. The molecule has 1 aliphatic rings. The number of aryl methyl sites for hydroxylation is 1. The first-order valence-corrected chi connectivity index (χ1v) is 9.17. The number of hydrogen-bond donors (Lipinski definition) is 2. The lowest BCUT2D eigenvalue weighted by atomic mass is 10.0. The van der Waals surface area contributed by atoms with E-state index in [1.807, 2.05) is 6.92 Å². The van der Waals surface area contributed by atoms with Crippen LogP contribution in [0.4, 0.5) is 0 Å². The second-order valence-electron chi connectivity index (χ2n) is 7.23. The van der Waals surface area contributed by atoms with Crippen molar-refractivity contribution in [1.82, 2.24) is 15.2 Å². The Kier molecular flexibility index (Phi) is 5.53. The van der Waals surface area contributed by atoms with E-state index in [2.05, 4.69) is 22.1 Å². The predicted octanol–water partition coefficient (Wildman–Crippen LogP) is 2.69. The first-order chi connectivity index (χ1) is 12.0. The van der Waals surface area contributed by atoms with Crippen LogP contribution in [0, 0.1) is 12.8 Å². The molecular formula is C20H27N3O2. The number of benzene rings is 1. The lowest BCUT2D eigenvalue weighted by molar-refractivity contribution is 0.0950. The second kappa shape index (κ2) is 7.83. The standard InChI is InChI=1S/C20H27N3O2/c1-14-5-3-9-23(13-14)10-4-8-21-20(25)16-6-7-18-17(12-16)19(24)11-15(2)22-18/h6-7,11-12,14H,3-5,8-10,13H2,1-2H3,(H,21,25)(H,22,24). The maximum Gasteiger partial charge on any atom is 0.251 e. The van der Waals surface area contributed by atoms with Gasteiger partial charge in [-0.15, -0.1) is 0 Å². The van der Waals surface area contributed by atoms with Crippen LogP contribution in [-0.4, -0.2) is 42.0 Å². The van der Waals surface area contributed by atoms with Crippen LogP contribution in [-0.2, 0) is 0 Å². The molecule has 0 bridgehead atoms. The van der Waals surface area contributed by atoms with Gasteiger partial charge in [-0.2, -0.15) is 0 Å². The van der Waals surface area contributed by atoms with Crippen molar-refractivity contribution in [3.05, 3.63) is 45.7 Å². The number of fused-ring (bicyclic) bond motifs is 1. The fourth-order valence-corrected chi connectivity index (χ4v) is 3.62. The summed E-state index contributed by atoms with van der Waals surface area (Å²) < 4.78 is 0. The van der Waals surface area contributed by atoms with E-state index in [1.54, 1.807) is 24.3 Å². The normalized spacial score (nSPS) is 18.4. The van der Waals surface area contributed by atoms with Crippen molar-refractivity contribution in [2.75, 3.05) is 26.2 Å². The number of nitrogens with zero attached hydrogens (tertiary/aromatic N) is 1. The van der Waals surface area contributed by atoms with Crippen molar-refractivity contribution in [1.29, 1.82) is 0 Å². The molecule has 1 aromatic heterocycles. The van der Waals surface area contributed by atoms with Gasteiger partial charge in [-0.05, 0) is 63.4 Å². The number of H-pyrrole nitrogens is 1. The smallest absolute Gasteiger partial charge is 0.251 e. The van der Waals surface area contributed by atoms with E-state index in [4.69, 9.17) is 0 Å². The molecule has 0 spiro atoms. The summed E-state index contributed by atoms with van der Waals surface area (Å²) in [6.45, 7) is 8.18. The van der Waals surface area contributed by atoms with Crippen molar-refractivity contribution in [3.8, 4) is 0 Å². The monoisotopic (exact) mass is 341 g/mol. The molecule has 0 radical (unpaired) electrons. The molecule has 0 saturated carbocycles. The van der Waals surface area contributed by atoms with Gasteiger partial charge in [0, 0.05) is 41.3 Å². The second-order valence-corrected chi connectivity index (χ2v) is 7.23. The van der Waals surface area contributed by atoms with E-state index < -0.39 is 0 Å². The number of carbonyl (C=O) groups excluding carboxylic acids is 1. The maximum atomic E-state index is 12.3. The highest BCUT2D eigenvalue weighted by molar-refractivity contribution is 5.97. The van der Waals surface area contributed by atoms with Crippen LogP contribution in [0.1, 0.15) is 42.2 Å². The molecule has 3 rings (SSSR count). The van der Waals surface area contributed by atoms with Crippen molar-refractivity contribution in [2.45, 2.75) is 33.1 Å². The maximum absolute atomic E-state index is 12.3. The number of pyridine rings is 1. The van der Waals surface area contributed by atoms with Crippen LogP contribution in [0.3, 0.4) is 0 Å². The van der Waals surface area contributed by atoms with Crippen molar-refractivity contribution in [3.63, 3.8) is 0 Å². The number of piperidine rings is 1. The van der Waals surface area contributed by atoms with Gasteiger partial charge in [-0.25, -0.2) is 0 Å². The van der Waals surface area contributed by atoms with Gasteiger partial charge in [-0.3, -0.25) is 9.59 Å². The van der Waals surface area contributed by atoms with E-state index in [-0.39, 0.29) is 11.3 Å². The van der Waals surface area contributed by atoms with Crippen molar-refractivity contribution < 1.29 is 4.79 Å². The van der Waals surface area contributed by atoms with Gasteiger partial charge >= 0.3 is 0 Å². The Morgan fingerprint density at radius 3 is 3.00 bits per heavy atom. The van der Waals surface area contributed by atoms with Crippen LogP contribution in [0.15, 0.2) is 29.1 Å². The zero-order chi connectivity index (χ0) is 17.8. The highest BCUT2D eigenvalue weighted by Crippen LogP contribution is 2.15. The van der Waals surface area contributed by atoms with Crippen LogP contribution in [0.2, 0.25) is 0 Å². The zero-order valence-electron chi connectivity index (χ0n) is 15.1. The number of likely N-dealkylation sites (tertiary alicyclic amines) is 1. The Balaban J connectivity index is 1.54. The Morgan fingerprint density at radius 2 is 2.20 bits per heavy atom. The lowest BCUT2D eigenvalue weighted by Gasteiger charge is -2.30. The highest BCUT2D eigenvalue weighted by Gasteiger charge is 2.15. The third-order valence-electron chi connectivity index (χ3n) is 4.90. The van der Waals surface area contributed by atoms with Gasteiger partial charge in [0.1, 0.15) is 0 Å². The molecule has 5 heteroatoms. The average molecular weight is 341 g/mol. The van der Waals surface area contributed by atoms with Gasteiger partial charge in [0.2, 0.25) is 0 Å². The summed E-state index contributed by atoms with van der Waals surface area (Å²) in [6.07, 6.45) is 3.55. The van der Waals surface area contributed by atoms with Gasteiger partial charge in [0.25, 0.3) is 5.91 Å². The van der Waals surface area contributed by atoms with Crippen LogP contribution in [0.25, 0.3) is 10.9 Å². The summed E-state index contributed by atoms with van der Waals surface area (Å²) in [5.74, 6) is 0.663. The molecule has 1 aliphatic heterocycles. The summed E-state index contributed by atoms with van der Waals surface area (Å²) >= 11 is 0. The van der Waals surface area contributed by atoms with E-state index in [0.717, 1.165) is 30.1 Å². The van der Waals surface area contributed by atoms with Gasteiger partial charge < -0.3 is 15.2 Å². The van der Waals surface area contributed by atoms with Crippen LogP contribution in [0.5, 0.6) is 0 Å². The summed E-state index contributed by atoms with van der Waals surface area (Å²) in [5, 5.41) is 3.52. The number of rotatable bonds is 5. The van der Waals surface area contributed by atoms with E-state index >= 15 is 0 Å². The van der Waals surface area contributed by atoms with Crippen LogP contribution >= 0.6 is 0 Å². The van der Waals surface area contributed by atoms with E-state index in [0.29, 0.717) is 17.5 Å². The molecule has 1 atom stereocenters. The molecular weight excluding hydrogens is 314 g/mol. The summed E-state index contributed by atoms with van der Waals surface area (Å²) in [5.41, 5.74) is 2.07. The number of carbonyl (C=O) groups is 1. The molecule has 0 aliphatic carbocycles. The summed E-state index contributed by atoms with van der Waals surface area (Å²) in [4.78, 5) is 30.0. The lowest BCUT2D eigenvalue weighted by Crippen LogP contribution is -2.36. The quantitative estimate of drug-likeness (QED) is 0.822. The van der Waals surface area contributed by atoms with Crippen LogP contribution < -0.4 is 10.7 Å². The third-order valence-corrected chi connectivity index (χ3v) is 4.90. The van der Waals surface area contributed by atoms with Gasteiger partial charge in [-0.1, -0.05) is 6.92 Å². The number of hydrogen-bond acceptors (Lipinski definition) is 3. The molecule has 25 heavy (non-hydrogen) atoms. The Morgan fingerprint density at radius 1 is 1.36 bits per heavy atom. The minimum atomic E-state index is -0.117. The molecule has 2 aromatic rings. The Labute approximate surface area is 148 Å². The SMILES string of the molecule is Cc1cc(=O)c2cc(C(=O)NCCCN3CCCC(C)C3)ccc2[nH]1. The predicted molar refractivity (Wildman–Crippen MR) is 101 cm³/mol. The molecule has 2 heterocycles. The topological polar surface area (TPSA) is 65.2 Å². The molecule has 134 valence electrons. The van der Waals surface area contributed by atoms with Crippen molar-refractivity contribution >= 4 is 16.8 Å². The minimum Gasteiger partial charge on any atom is -0.358 e. The summed E-state index contributed by atoms with van der Waals surface area (Å²) in [6, 6.07) is 6.80.